The van der Waals surface area contributed by atoms with E-state index in [1.165, 1.54) is 16.7 Å². The van der Waals surface area contributed by atoms with Gasteiger partial charge in [-0.15, -0.1) is 0 Å². The summed E-state index contributed by atoms with van der Waals surface area (Å²) in [6.45, 7) is 5.16. The van der Waals surface area contributed by atoms with Crippen molar-refractivity contribution in [1.29, 1.82) is 0 Å². The maximum Gasteiger partial charge on any atom is 0.0605 e. The third-order valence-corrected chi connectivity index (χ3v) is 3.74. The average molecular weight is 305 g/mol. The Balaban J connectivity index is 2.47. The van der Waals surface area contributed by atoms with Crippen molar-refractivity contribution in [3.05, 3.63) is 63.9 Å². The zero-order valence-electron chi connectivity index (χ0n) is 10.7. The first-order valence-corrected chi connectivity index (χ1v) is 6.91. The average Bonchev–Trinajstić information content (AvgIpc) is 2.38. The van der Waals surface area contributed by atoms with E-state index >= 15 is 0 Å². The van der Waals surface area contributed by atoms with Crippen molar-refractivity contribution in [2.75, 3.05) is 6.54 Å². The van der Waals surface area contributed by atoms with Crippen LogP contribution in [0.25, 0.3) is 0 Å². The van der Waals surface area contributed by atoms with Crippen LogP contribution < -0.4 is 5.32 Å². The molecule has 1 unspecified atom stereocenters. The van der Waals surface area contributed by atoms with Crippen LogP contribution in [-0.2, 0) is 0 Å². The first-order chi connectivity index (χ1) is 8.74. The van der Waals surface area contributed by atoms with Gasteiger partial charge in [0.05, 0.1) is 6.04 Å². The van der Waals surface area contributed by atoms with Gasteiger partial charge >= 0.3 is 0 Å². The van der Waals surface area contributed by atoms with E-state index < -0.39 is 0 Å². The number of hydrogen-bond acceptors (Lipinski definition) is 2. The minimum atomic E-state index is 0.180. The topological polar surface area (TPSA) is 24.9 Å². The molecular formula is C15H17BrN2. The van der Waals surface area contributed by atoms with E-state index in [1.54, 1.807) is 0 Å². The fourth-order valence-corrected chi connectivity index (χ4v) is 2.59. The lowest BCUT2D eigenvalue weighted by Crippen LogP contribution is -2.23. The van der Waals surface area contributed by atoms with E-state index in [2.05, 4.69) is 64.3 Å². The van der Waals surface area contributed by atoms with Gasteiger partial charge in [0.1, 0.15) is 0 Å². The predicted octanol–water partition coefficient (Wildman–Crippen LogP) is 3.85. The minimum Gasteiger partial charge on any atom is -0.306 e. The summed E-state index contributed by atoms with van der Waals surface area (Å²) in [5.41, 5.74) is 3.73. The molecule has 2 nitrogen and oxygen atoms in total. The summed E-state index contributed by atoms with van der Waals surface area (Å²) in [6, 6.07) is 10.5. The van der Waals surface area contributed by atoms with Crippen LogP contribution in [0.3, 0.4) is 0 Å². The Kier molecular flexibility index (Phi) is 4.50. The van der Waals surface area contributed by atoms with Crippen molar-refractivity contribution in [1.82, 2.24) is 10.3 Å². The molecule has 1 aromatic heterocycles. The normalized spacial score (nSPS) is 12.4. The molecule has 0 amide bonds. The number of hydrogen-bond donors (Lipinski definition) is 1. The highest BCUT2D eigenvalue weighted by Crippen LogP contribution is 2.29. The Bertz CT molecular complexity index is 480. The van der Waals surface area contributed by atoms with Gasteiger partial charge in [0, 0.05) is 16.9 Å². The molecule has 3 heteroatoms. The fourth-order valence-electron chi connectivity index (χ4n) is 2.08. The molecule has 18 heavy (non-hydrogen) atoms. The zero-order chi connectivity index (χ0) is 13.0. The summed E-state index contributed by atoms with van der Waals surface area (Å²) in [5.74, 6) is 0. The van der Waals surface area contributed by atoms with Crippen LogP contribution in [-0.4, -0.2) is 11.5 Å². The molecule has 0 aliphatic heterocycles. The van der Waals surface area contributed by atoms with Crippen LogP contribution >= 0.6 is 15.9 Å². The first-order valence-electron chi connectivity index (χ1n) is 6.12. The maximum absolute atomic E-state index is 4.25. The van der Waals surface area contributed by atoms with Crippen LogP contribution in [0, 0.1) is 6.92 Å². The monoisotopic (exact) mass is 304 g/mol. The van der Waals surface area contributed by atoms with Gasteiger partial charge < -0.3 is 5.32 Å². The van der Waals surface area contributed by atoms with E-state index in [9.17, 15) is 0 Å². The molecule has 2 aromatic rings. The van der Waals surface area contributed by atoms with Crippen LogP contribution in [0.2, 0.25) is 0 Å². The molecular weight excluding hydrogens is 288 g/mol. The van der Waals surface area contributed by atoms with Gasteiger partial charge in [-0.05, 0) is 42.3 Å². The summed E-state index contributed by atoms with van der Waals surface area (Å²) in [5, 5.41) is 3.53. The summed E-state index contributed by atoms with van der Waals surface area (Å²) in [4.78, 5) is 4.25. The van der Waals surface area contributed by atoms with Crippen molar-refractivity contribution >= 4 is 15.9 Å². The van der Waals surface area contributed by atoms with Crippen LogP contribution in [0.5, 0.6) is 0 Å². The van der Waals surface area contributed by atoms with Crippen LogP contribution in [0.4, 0.5) is 0 Å². The number of benzene rings is 1. The van der Waals surface area contributed by atoms with Crippen molar-refractivity contribution < 1.29 is 0 Å². The van der Waals surface area contributed by atoms with Gasteiger partial charge in [0.15, 0.2) is 0 Å². The minimum absolute atomic E-state index is 0.180. The van der Waals surface area contributed by atoms with Gasteiger partial charge in [0.2, 0.25) is 0 Å². The van der Waals surface area contributed by atoms with Gasteiger partial charge in [-0.1, -0.05) is 41.1 Å². The number of halogens is 1. The second-order valence-corrected chi connectivity index (χ2v) is 5.10. The van der Waals surface area contributed by atoms with Gasteiger partial charge in [-0.2, -0.15) is 0 Å². The third-order valence-electron chi connectivity index (χ3n) is 3.02. The molecule has 0 aliphatic carbocycles. The molecule has 0 saturated heterocycles. The van der Waals surface area contributed by atoms with E-state index in [0.717, 1.165) is 11.0 Å². The van der Waals surface area contributed by atoms with Crippen molar-refractivity contribution in [2.45, 2.75) is 19.9 Å². The van der Waals surface area contributed by atoms with E-state index in [-0.39, 0.29) is 6.04 Å². The highest BCUT2D eigenvalue weighted by Gasteiger charge is 2.17. The van der Waals surface area contributed by atoms with Crippen LogP contribution in [0.1, 0.15) is 29.7 Å². The summed E-state index contributed by atoms with van der Waals surface area (Å²) >= 11 is 3.63. The molecule has 0 radical (unpaired) electrons. The van der Waals surface area contributed by atoms with E-state index in [1.807, 2.05) is 18.5 Å². The number of aromatic nitrogens is 1. The van der Waals surface area contributed by atoms with Crippen molar-refractivity contribution in [3.8, 4) is 0 Å². The third kappa shape index (κ3) is 2.79. The fraction of sp³-hybridized carbons (Fsp3) is 0.267. The lowest BCUT2D eigenvalue weighted by Gasteiger charge is -2.21. The highest BCUT2D eigenvalue weighted by atomic mass is 79.9. The van der Waals surface area contributed by atoms with Gasteiger partial charge in [-0.3, -0.25) is 4.98 Å². The number of nitrogens with one attached hydrogen (secondary N) is 1. The molecule has 0 fully saturated rings. The van der Waals surface area contributed by atoms with Gasteiger partial charge in [0.25, 0.3) is 0 Å². The molecule has 2 rings (SSSR count). The molecule has 0 saturated carbocycles. The summed E-state index contributed by atoms with van der Waals surface area (Å²) in [6.07, 6.45) is 3.78. The predicted molar refractivity (Wildman–Crippen MR) is 78.6 cm³/mol. The number of rotatable bonds is 4. The Hall–Kier alpha value is -1.19. The number of aryl methyl sites for hydroxylation is 1. The number of pyridine rings is 1. The molecule has 94 valence electrons. The summed E-state index contributed by atoms with van der Waals surface area (Å²) < 4.78 is 1.12. The smallest absolute Gasteiger partial charge is 0.0605 e. The molecule has 1 aromatic carbocycles. The maximum atomic E-state index is 4.25. The van der Waals surface area contributed by atoms with Gasteiger partial charge in [-0.25, -0.2) is 0 Å². The van der Waals surface area contributed by atoms with Crippen LogP contribution in [0.15, 0.2) is 47.2 Å². The Labute approximate surface area is 117 Å². The molecule has 1 N–H and O–H groups in total. The quantitative estimate of drug-likeness (QED) is 0.928. The second-order valence-electron chi connectivity index (χ2n) is 4.24. The number of nitrogens with zero attached hydrogens (tertiary/aromatic N) is 1. The SMILES string of the molecule is CCNC(c1cnccc1C)c1ccccc1Br. The molecule has 0 bridgehead atoms. The Morgan fingerprint density at radius 1 is 1.22 bits per heavy atom. The van der Waals surface area contributed by atoms with Crippen molar-refractivity contribution in [3.63, 3.8) is 0 Å². The Morgan fingerprint density at radius 3 is 2.67 bits per heavy atom. The summed E-state index contributed by atoms with van der Waals surface area (Å²) in [7, 11) is 0. The highest BCUT2D eigenvalue weighted by molar-refractivity contribution is 9.10. The zero-order valence-corrected chi connectivity index (χ0v) is 12.2. The standard InChI is InChI=1S/C15H17BrN2/c1-3-18-15(12-6-4-5-7-14(12)16)13-10-17-9-8-11(13)2/h4-10,15,18H,3H2,1-2H3. The Morgan fingerprint density at radius 2 is 2.00 bits per heavy atom. The lowest BCUT2D eigenvalue weighted by molar-refractivity contribution is 0.623. The molecule has 0 spiro atoms. The molecule has 1 heterocycles. The van der Waals surface area contributed by atoms with E-state index in [0.29, 0.717) is 0 Å². The molecule has 1 atom stereocenters. The molecule has 0 aliphatic rings. The largest absolute Gasteiger partial charge is 0.306 e. The first kappa shape index (κ1) is 13.2. The lowest BCUT2D eigenvalue weighted by atomic mass is 9.97. The van der Waals surface area contributed by atoms with Crippen molar-refractivity contribution in [2.24, 2.45) is 0 Å². The van der Waals surface area contributed by atoms with E-state index in [4.69, 9.17) is 0 Å². The second kappa shape index (κ2) is 6.12.